The van der Waals surface area contributed by atoms with Gasteiger partial charge in [0.2, 0.25) is 11.9 Å². The maximum atomic E-state index is 6.12. The second-order valence-corrected chi connectivity index (χ2v) is 6.55. The van der Waals surface area contributed by atoms with Crippen LogP contribution in [0.1, 0.15) is 30.5 Å². The summed E-state index contributed by atoms with van der Waals surface area (Å²) in [5.74, 6) is 1.08. The number of halogens is 1. The lowest BCUT2D eigenvalue weighted by Crippen LogP contribution is -2.06. The first-order valence-electron chi connectivity index (χ1n) is 8.67. The molecule has 0 atom stereocenters. The summed E-state index contributed by atoms with van der Waals surface area (Å²) in [4.78, 5) is 13.0. The molecule has 6 heteroatoms. The van der Waals surface area contributed by atoms with Crippen LogP contribution >= 0.6 is 11.6 Å². The fourth-order valence-corrected chi connectivity index (χ4v) is 3.08. The van der Waals surface area contributed by atoms with E-state index in [2.05, 4.69) is 46.2 Å². The normalized spacial score (nSPS) is 10.8. The molecule has 3 aromatic rings. The number of nitrogen functional groups attached to an aromatic ring is 1. The lowest BCUT2D eigenvalue weighted by atomic mass is 10.0. The molecular formula is C20H22ClN5. The number of hydrogen-bond acceptors (Lipinski definition) is 5. The molecule has 0 unspecified atom stereocenters. The van der Waals surface area contributed by atoms with E-state index in [-0.39, 0.29) is 5.95 Å². The molecule has 0 aliphatic rings. The molecule has 2 aromatic carbocycles. The molecule has 3 N–H and O–H groups in total. The van der Waals surface area contributed by atoms with Crippen LogP contribution in [0.2, 0.25) is 5.02 Å². The van der Waals surface area contributed by atoms with Crippen molar-refractivity contribution in [2.75, 3.05) is 11.1 Å². The van der Waals surface area contributed by atoms with Gasteiger partial charge in [0.15, 0.2) is 5.82 Å². The Labute approximate surface area is 158 Å². The van der Waals surface area contributed by atoms with Crippen molar-refractivity contribution in [3.8, 4) is 11.4 Å². The highest BCUT2D eigenvalue weighted by molar-refractivity contribution is 6.30. The minimum Gasteiger partial charge on any atom is -0.368 e. The fraction of sp³-hybridized carbons (Fsp3) is 0.250. The van der Waals surface area contributed by atoms with E-state index < -0.39 is 0 Å². The van der Waals surface area contributed by atoms with Crippen LogP contribution in [0.5, 0.6) is 0 Å². The third kappa shape index (κ3) is 3.94. The molecule has 0 amide bonds. The Kier molecular flexibility index (Phi) is 5.38. The smallest absolute Gasteiger partial charge is 0.232 e. The lowest BCUT2D eigenvalue weighted by molar-refractivity contribution is 1.03. The molecule has 0 aliphatic carbocycles. The van der Waals surface area contributed by atoms with Gasteiger partial charge in [-0.15, -0.1) is 0 Å². The van der Waals surface area contributed by atoms with Crippen molar-refractivity contribution < 1.29 is 0 Å². The van der Waals surface area contributed by atoms with Gasteiger partial charge in [0.25, 0.3) is 0 Å². The van der Waals surface area contributed by atoms with Crippen LogP contribution in [-0.2, 0) is 12.8 Å². The van der Waals surface area contributed by atoms with Gasteiger partial charge >= 0.3 is 0 Å². The Morgan fingerprint density at radius 1 is 0.962 bits per heavy atom. The summed E-state index contributed by atoms with van der Waals surface area (Å²) in [5.41, 5.74) is 11.4. The first-order chi connectivity index (χ1) is 12.5. The van der Waals surface area contributed by atoms with Crippen LogP contribution in [0.25, 0.3) is 11.4 Å². The van der Waals surface area contributed by atoms with Crippen molar-refractivity contribution in [1.29, 1.82) is 0 Å². The topological polar surface area (TPSA) is 76.7 Å². The van der Waals surface area contributed by atoms with Gasteiger partial charge < -0.3 is 11.1 Å². The van der Waals surface area contributed by atoms with Crippen molar-refractivity contribution in [1.82, 2.24) is 15.0 Å². The fourth-order valence-electron chi connectivity index (χ4n) is 2.91. The summed E-state index contributed by atoms with van der Waals surface area (Å²) < 4.78 is 0. The molecule has 1 heterocycles. The molecule has 0 saturated carbocycles. The average molecular weight is 368 g/mol. The van der Waals surface area contributed by atoms with Crippen LogP contribution in [-0.4, -0.2) is 15.0 Å². The van der Waals surface area contributed by atoms with Crippen molar-refractivity contribution >= 4 is 29.2 Å². The molecule has 0 spiro atoms. The van der Waals surface area contributed by atoms with Gasteiger partial charge in [-0.25, -0.2) is 0 Å². The second kappa shape index (κ2) is 7.70. The number of nitrogens with two attached hydrogens (primary N) is 1. The first kappa shape index (κ1) is 18.1. The van der Waals surface area contributed by atoms with E-state index in [1.165, 1.54) is 11.1 Å². The Morgan fingerprint density at radius 3 is 2.46 bits per heavy atom. The molecule has 1 aromatic heterocycles. The second-order valence-electron chi connectivity index (χ2n) is 6.12. The van der Waals surface area contributed by atoms with Crippen LogP contribution in [0.4, 0.5) is 17.6 Å². The number of anilines is 3. The van der Waals surface area contributed by atoms with E-state index in [0.29, 0.717) is 16.8 Å². The van der Waals surface area contributed by atoms with Crippen LogP contribution < -0.4 is 11.1 Å². The van der Waals surface area contributed by atoms with Crippen LogP contribution in [0.3, 0.4) is 0 Å². The molecule has 0 saturated heterocycles. The molecular weight excluding hydrogens is 346 g/mol. The molecule has 0 bridgehead atoms. The highest BCUT2D eigenvalue weighted by atomic mass is 35.5. The van der Waals surface area contributed by atoms with Crippen LogP contribution in [0.15, 0.2) is 36.4 Å². The van der Waals surface area contributed by atoms with Crippen molar-refractivity contribution in [2.24, 2.45) is 0 Å². The number of aromatic nitrogens is 3. The van der Waals surface area contributed by atoms with Crippen molar-refractivity contribution in [2.45, 2.75) is 33.6 Å². The Balaban J connectivity index is 1.97. The van der Waals surface area contributed by atoms with E-state index >= 15 is 0 Å². The summed E-state index contributed by atoms with van der Waals surface area (Å²) in [5, 5.41) is 3.87. The van der Waals surface area contributed by atoms with Gasteiger partial charge in [-0.3, -0.25) is 0 Å². The lowest BCUT2D eigenvalue weighted by Gasteiger charge is -2.12. The number of aryl methyl sites for hydroxylation is 3. The summed E-state index contributed by atoms with van der Waals surface area (Å²) >= 11 is 6.12. The maximum absolute atomic E-state index is 6.12. The Bertz CT molecular complexity index is 939. The standard InChI is InChI=1S/C20H22ClN5/c1-4-13-7-9-16(10-14(13)5-2)23-20-25-18(24-19(22)26-20)17-11-15(21)8-6-12(17)3/h6-11H,4-5H2,1-3H3,(H3,22,23,24,25,26). The number of nitrogens with one attached hydrogen (secondary N) is 1. The highest BCUT2D eigenvalue weighted by Crippen LogP contribution is 2.26. The van der Waals surface area contributed by atoms with Gasteiger partial charge in [-0.2, -0.15) is 15.0 Å². The number of benzene rings is 2. The number of rotatable bonds is 5. The first-order valence-corrected chi connectivity index (χ1v) is 9.04. The Hall–Kier alpha value is -2.66. The maximum Gasteiger partial charge on any atom is 0.232 e. The monoisotopic (exact) mass is 367 g/mol. The van der Waals surface area contributed by atoms with Crippen molar-refractivity contribution in [3.63, 3.8) is 0 Å². The molecule has 0 radical (unpaired) electrons. The molecule has 134 valence electrons. The number of hydrogen-bond donors (Lipinski definition) is 2. The molecule has 0 aliphatic heterocycles. The minimum absolute atomic E-state index is 0.165. The predicted molar refractivity (Wildman–Crippen MR) is 108 cm³/mol. The zero-order valence-corrected chi connectivity index (χ0v) is 15.9. The summed E-state index contributed by atoms with van der Waals surface area (Å²) in [6.45, 7) is 6.29. The predicted octanol–water partition coefficient (Wildman–Crippen LogP) is 4.95. The van der Waals surface area contributed by atoms with Crippen molar-refractivity contribution in [3.05, 3.63) is 58.1 Å². The zero-order valence-electron chi connectivity index (χ0n) is 15.2. The van der Waals surface area contributed by atoms with E-state index in [4.69, 9.17) is 17.3 Å². The molecule has 5 nitrogen and oxygen atoms in total. The van der Waals surface area contributed by atoms with E-state index in [1.807, 2.05) is 31.2 Å². The largest absolute Gasteiger partial charge is 0.368 e. The molecule has 3 rings (SSSR count). The van der Waals surface area contributed by atoms with E-state index in [1.54, 1.807) is 0 Å². The molecule has 0 fully saturated rings. The SMILES string of the molecule is CCc1ccc(Nc2nc(N)nc(-c3cc(Cl)ccc3C)n2)cc1CC. The molecule has 26 heavy (non-hydrogen) atoms. The third-order valence-corrected chi connectivity index (χ3v) is 4.55. The van der Waals surface area contributed by atoms with Crippen LogP contribution in [0, 0.1) is 6.92 Å². The summed E-state index contributed by atoms with van der Waals surface area (Å²) in [6.07, 6.45) is 1.99. The highest BCUT2D eigenvalue weighted by Gasteiger charge is 2.11. The Morgan fingerprint density at radius 2 is 1.73 bits per heavy atom. The van der Waals surface area contributed by atoms with E-state index in [9.17, 15) is 0 Å². The quantitative estimate of drug-likeness (QED) is 0.667. The van der Waals surface area contributed by atoms with Gasteiger partial charge in [0.05, 0.1) is 0 Å². The number of nitrogens with zero attached hydrogens (tertiary/aromatic N) is 3. The summed E-state index contributed by atoms with van der Waals surface area (Å²) in [7, 11) is 0. The zero-order chi connectivity index (χ0) is 18.7. The summed E-state index contributed by atoms with van der Waals surface area (Å²) in [6, 6.07) is 11.9. The van der Waals surface area contributed by atoms with Gasteiger partial charge in [-0.1, -0.05) is 37.6 Å². The third-order valence-electron chi connectivity index (χ3n) is 4.32. The van der Waals surface area contributed by atoms with Gasteiger partial charge in [0, 0.05) is 16.3 Å². The van der Waals surface area contributed by atoms with E-state index in [0.717, 1.165) is 29.7 Å². The van der Waals surface area contributed by atoms with Gasteiger partial charge in [0.1, 0.15) is 0 Å². The van der Waals surface area contributed by atoms with Gasteiger partial charge in [-0.05, 0) is 60.7 Å². The minimum atomic E-state index is 0.165. The average Bonchev–Trinajstić information content (AvgIpc) is 2.63.